The van der Waals surface area contributed by atoms with Crippen molar-refractivity contribution in [3.05, 3.63) is 53.3 Å². The molecule has 35 heavy (non-hydrogen) atoms. The Balaban J connectivity index is 1.52. The molecule has 1 N–H and O–H groups in total. The maximum atomic E-state index is 14.4. The number of piperazine rings is 1. The van der Waals surface area contributed by atoms with Crippen molar-refractivity contribution in [1.82, 2.24) is 9.62 Å². The van der Waals surface area contributed by atoms with Crippen LogP contribution in [0, 0.1) is 23.1 Å². The van der Waals surface area contributed by atoms with E-state index >= 15 is 0 Å². The molecule has 1 aliphatic carbocycles. The average molecular weight is 501 g/mol. The van der Waals surface area contributed by atoms with Gasteiger partial charge in [0.25, 0.3) is 5.91 Å². The molecular weight excluding hydrogens is 471 g/mol. The topological polar surface area (TPSA) is 103 Å². The Morgan fingerprint density at radius 2 is 1.91 bits per heavy atom. The van der Waals surface area contributed by atoms with Gasteiger partial charge >= 0.3 is 0 Å². The highest BCUT2D eigenvalue weighted by Gasteiger charge is 2.28. The molecule has 1 heterocycles. The highest BCUT2D eigenvalue weighted by molar-refractivity contribution is 7.89. The van der Waals surface area contributed by atoms with Crippen LogP contribution in [0.2, 0.25) is 0 Å². The molecule has 0 radical (unpaired) electrons. The number of nitrogens with one attached hydrogen (secondary N) is 1. The molecule has 0 unspecified atom stereocenters. The second-order valence-corrected chi connectivity index (χ2v) is 10.6. The number of benzene rings is 2. The number of hydrogen-bond acceptors (Lipinski definition) is 6. The first-order valence-electron chi connectivity index (χ1n) is 11.8. The van der Waals surface area contributed by atoms with Crippen LogP contribution in [0.5, 0.6) is 5.75 Å². The molecular formula is C25H29FN4O4S. The first kappa shape index (κ1) is 24.9. The van der Waals surface area contributed by atoms with E-state index in [0.717, 1.165) is 12.8 Å². The summed E-state index contributed by atoms with van der Waals surface area (Å²) in [5.74, 6) is 0.0332. The molecule has 2 aliphatic rings. The van der Waals surface area contributed by atoms with Gasteiger partial charge in [-0.15, -0.1) is 0 Å². The van der Waals surface area contributed by atoms with Crippen molar-refractivity contribution in [2.45, 2.75) is 31.1 Å². The molecule has 1 aliphatic heterocycles. The quantitative estimate of drug-likeness (QED) is 0.598. The van der Waals surface area contributed by atoms with Crippen LogP contribution in [0.1, 0.15) is 42.1 Å². The second kappa shape index (κ2) is 10.6. The summed E-state index contributed by atoms with van der Waals surface area (Å²) < 4.78 is 48.0. The SMILES string of the molecule is CCNS(=O)(=O)c1ccc(OCC2CCC2)c(C(=O)N2CCN(c3ccc(C#N)cc3F)CC2)c1. The van der Waals surface area contributed by atoms with Gasteiger partial charge < -0.3 is 14.5 Å². The van der Waals surface area contributed by atoms with Gasteiger partial charge in [-0.3, -0.25) is 4.79 Å². The van der Waals surface area contributed by atoms with Crippen molar-refractivity contribution in [3.8, 4) is 11.8 Å². The lowest BCUT2D eigenvalue weighted by molar-refractivity contribution is 0.0739. The van der Waals surface area contributed by atoms with Crippen LogP contribution >= 0.6 is 0 Å². The van der Waals surface area contributed by atoms with Gasteiger partial charge in [-0.05, 0) is 55.2 Å². The Morgan fingerprint density at radius 3 is 2.51 bits per heavy atom. The summed E-state index contributed by atoms with van der Waals surface area (Å²) in [5, 5.41) is 8.95. The fourth-order valence-corrected chi connectivity index (χ4v) is 5.33. The van der Waals surface area contributed by atoms with E-state index in [9.17, 15) is 17.6 Å². The zero-order chi connectivity index (χ0) is 25.0. The molecule has 1 amide bonds. The van der Waals surface area contributed by atoms with Gasteiger partial charge in [-0.1, -0.05) is 13.3 Å². The highest BCUT2D eigenvalue weighted by atomic mass is 32.2. The van der Waals surface area contributed by atoms with Gasteiger partial charge in [0.15, 0.2) is 0 Å². The van der Waals surface area contributed by atoms with Crippen LogP contribution < -0.4 is 14.4 Å². The Hall–Kier alpha value is -3.16. The molecule has 0 spiro atoms. The largest absolute Gasteiger partial charge is 0.492 e. The maximum absolute atomic E-state index is 14.4. The number of nitriles is 1. The summed E-state index contributed by atoms with van der Waals surface area (Å²) in [6.45, 7) is 3.90. The molecule has 2 aromatic carbocycles. The molecule has 0 aromatic heterocycles. The van der Waals surface area contributed by atoms with Gasteiger partial charge in [-0.25, -0.2) is 17.5 Å². The third-order valence-electron chi connectivity index (χ3n) is 6.51. The fourth-order valence-electron chi connectivity index (χ4n) is 4.26. The third kappa shape index (κ3) is 5.57. The fraction of sp³-hybridized carbons (Fsp3) is 0.440. The summed E-state index contributed by atoms with van der Waals surface area (Å²) in [5.41, 5.74) is 0.850. The highest BCUT2D eigenvalue weighted by Crippen LogP contribution is 2.30. The number of hydrogen-bond donors (Lipinski definition) is 1. The molecule has 10 heteroatoms. The van der Waals surface area contributed by atoms with Crippen molar-refractivity contribution < 1.29 is 22.3 Å². The molecule has 2 aromatic rings. The van der Waals surface area contributed by atoms with Crippen molar-refractivity contribution in [2.24, 2.45) is 5.92 Å². The molecule has 1 saturated carbocycles. The lowest BCUT2D eigenvalue weighted by Crippen LogP contribution is -2.49. The van der Waals surface area contributed by atoms with Crippen LogP contribution in [0.3, 0.4) is 0 Å². The standard InChI is InChI=1S/C25H29FN4O4S/c1-2-28-35(32,33)20-7-9-24(34-17-18-4-3-5-18)21(15-20)25(31)30-12-10-29(11-13-30)23-8-6-19(16-27)14-22(23)26/h6-9,14-15,18,28H,2-5,10-13,17H2,1H3. The smallest absolute Gasteiger partial charge is 0.257 e. The minimum Gasteiger partial charge on any atom is -0.492 e. The van der Waals surface area contributed by atoms with Crippen molar-refractivity contribution >= 4 is 21.6 Å². The summed E-state index contributed by atoms with van der Waals surface area (Å²) in [7, 11) is -3.74. The summed E-state index contributed by atoms with van der Waals surface area (Å²) in [6, 6.07) is 10.7. The predicted molar refractivity (Wildman–Crippen MR) is 129 cm³/mol. The van der Waals surface area contributed by atoms with Crippen LogP contribution in [0.25, 0.3) is 0 Å². The van der Waals surface area contributed by atoms with E-state index in [2.05, 4.69) is 4.72 Å². The van der Waals surface area contributed by atoms with Gasteiger partial charge in [0.2, 0.25) is 10.0 Å². The number of anilines is 1. The van der Waals surface area contributed by atoms with E-state index in [1.807, 2.05) is 11.0 Å². The van der Waals surface area contributed by atoms with Crippen molar-refractivity contribution in [1.29, 1.82) is 5.26 Å². The molecule has 0 bridgehead atoms. The van der Waals surface area contributed by atoms with Crippen LogP contribution in [0.15, 0.2) is 41.3 Å². The van der Waals surface area contributed by atoms with E-state index in [1.54, 1.807) is 30.0 Å². The number of carbonyl (C=O) groups excluding carboxylic acids is 1. The molecule has 2 fully saturated rings. The van der Waals surface area contributed by atoms with E-state index in [-0.39, 0.29) is 28.5 Å². The molecule has 4 rings (SSSR count). The van der Waals surface area contributed by atoms with E-state index in [1.165, 1.54) is 24.6 Å². The van der Waals surface area contributed by atoms with Gasteiger partial charge in [0, 0.05) is 32.7 Å². The predicted octanol–water partition coefficient (Wildman–Crippen LogP) is 3.14. The van der Waals surface area contributed by atoms with Crippen LogP contribution in [-0.4, -0.2) is 58.6 Å². The Morgan fingerprint density at radius 1 is 1.17 bits per heavy atom. The Labute approximate surface area is 205 Å². The van der Waals surface area contributed by atoms with E-state index in [0.29, 0.717) is 50.1 Å². The minimum absolute atomic E-state index is 0.0111. The first-order valence-corrected chi connectivity index (χ1v) is 13.3. The van der Waals surface area contributed by atoms with Crippen molar-refractivity contribution in [2.75, 3.05) is 44.2 Å². The van der Waals surface area contributed by atoms with Gasteiger partial charge in [0.05, 0.1) is 34.4 Å². The lowest BCUT2D eigenvalue weighted by Gasteiger charge is -2.36. The number of sulfonamides is 1. The lowest BCUT2D eigenvalue weighted by atomic mass is 9.86. The van der Waals surface area contributed by atoms with Crippen LogP contribution in [-0.2, 0) is 10.0 Å². The van der Waals surface area contributed by atoms with E-state index < -0.39 is 15.8 Å². The minimum atomic E-state index is -3.74. The molecule has 0 atom stereocenters. The first-order chi connectivity index (χ1) is 16.8. The summed E-state index contributed by atoms with van der Waals surface area (Å²) in [4.78, 5) is 17.0. The number of nitrogens with zero attached hydrogens (tertiary/aromatic N) is 3. The van der Waals surface area contributed by atoms with Gasteiger partial charge in [0.1, 0.15) is 11.6 Å². The molecule has 1 saturated heterocycles. The third-order valence-corrected chi connectivity index (χ3v) is 8.05. The number of rotatable bonds is 8. The Kier molecular flexibility index (Phi) is 7.57. The van der Waals surface area contributed by atoms with E-state index in [4.69, 9.17) is 10.00 Å². The average Bonchev–Trinajstić information content (AvgIpc) is 2.82. The van der Waals surface area contributed by atoms with Crippen LogP contribution in [0.4, 0.5) is 10.1 Å². The monoisotopic (exact) mass is 500 g/mol. The normalized spacial score (nSPS) is 16.5. The molecule has 8 nitrogen and oxygen atoms in total. The number of amides is 1. The van der Waals surface area contributed by atoms with Gasteiger partial charge in [-0.2, -0.15) is 5.26 Å². The maximum Gasteiger partial charge on any atom is 0.257 e. The summed E-state index contributed by atoms with van der Waals surface area (Å²) >= 11 is 0. The zero-order valence-electron chi connectivity index (χ0n) is 19.7. The zero-order valence-corrected chi connectivity index (χ0v) is 20.5. The molecule has 186 valence electrons. The Bertz CT molecular complexity index is 1230. The number of halogens is 1. The van der Waals surface area contributed by atoms with Crippen molar-refractivity contribution in [3.63, 3.8) is 0 Å². The summed E-state index contributed by atoms with van der Waals surface area (Å²) in [6.07, 6.45) is 3.35. The number of carbonyl (C=O) groups is 1. The second-order valence-electron chi connectivity index (χ2n) is 8.82. The number of ether oxygens (including phenoxy) is 1.